The average Bonchev–Trinajstić information content (AvgIpc) is 2.64. The molecule has 1 amide bonds. The van der Waals surface area contributed by atoms with Crippen LogP contribution in [0.2, 0.25) is 0 Å². The normalized spacial score (nSPS) is 20.7. The third-order valence-corrected chi connectivity index (χ3v) is 2.72. The quantitative estimate of drug-likeness (QED) is 0.748. The maximum Gasteiger partial charge on any atom is 0.253 e. The van der Waals surface area contributed by atoms with Gasteiger partial charge in [-0.2, -0.15) is 0 Å². The molecule has 0 bridgehead atoms. The number of amides is 1. The van der Waals surface area contributed by atoms with Gasteiger partial charge in [0.25, 0.3) is 5.91 Å². The number of aryl methyl sites for hydroxylation is 1. The largest absolute Gasteiger partial charge is 0.391 e. The predicted octanol–water partition coefficient (Wildman–Crippen LogP) is 1.20. The first-order valence-corrected chi connectivity index (χ1v) is 5.21. The average molecular weight is 205 g/mol. The number of aliphatic hydroxyl groups is 1. The summed E-state index contributed by atoms with van der Waals surface area (Å²) in [6.07, 6.45) is 0.344. The standard InChI is InChI=1S/C12H15NO2/c1-9-3-2-4-10(7-9)12(15)13-6-5-11(14)8-13/h2-4,7,11,14H,5-6,8H2,1H3/t11-/m0/s1. The van der Waals surface area contributed by atoms with Crippen LogP contribution < -0.4 is 0 Å². The number of nitrogens with zero attached hydrogens (tertiary/aromatic N) is 1. The highest BCUT2D eigenvalue weighted by Gasteiger charge is 2.25. The monoisotopic (exact) mass is 205 g/mol. The smallest absolute Gasteiger partial charge is 0.253 e. The van der Waals surface area contributed by atoms with Crippen LogP contribution in [0.1, 0.15) is 22.3 Å². The van der Waals surface area contributed by atoms with Crippen molar-refractivity contribution in [3.05, 3.63) is 35.4 Å². The van der Waals surface area contributed by atoms with E-state index in [1.807, 2.05) is 31.2 Å². The van der Waals surface area contributed by atoms with E-state index in [1.54, 1.807) is 4.90 Å². The number of rotatable bonds is 1. The molecule has 0 radical (unpaired) electrons. The van der Waals surface area contributed by atoms with Gasteiger partial charge in [-0.1, -0.05) is 17.7 Å². The van der Waals surface area contributed by atoms with E-state index in [1.165, 1.54) is 0 Å². The fourth-order valence-electron chi connectivity index (χ4n) is 1.89. The Labute approximate surface area is 89.3 Å². The fraction of sp³-hybridized carbons (Fsp3) is 0.417. The summed E-state index contributed by atoms with van der Waals surface area (Å²) in [4.78, 5) is 13.7. The summed E-state index contributed by atoms with van der Waals surface area (Å²) in [5, 5.41) is 9.36. The van der Waals surface area contributed by atoms with Crippen LogP contribution in [0.25, 0.3) is 0 Å². The topological polar surface area (TPSA) is 40.5 Å². The zero-order valence-corrected chi connectivity index (χ0v) is 8.81. The van der Waals surface area contributed by atoms with Crippen LogP contribution in [0.4, 0.5) is 0 Å². The van der Waals surface area contributed by atoms with E-state index in [0.29, 0.717) is 25.1 Å². The van der Waals surface area contributed by atoms with Gasteiger partial charge in [0.15, 0.2) is 0 Å². The lowest BCUT2D eigenvalue weighted by molar-refractivity contribution is 0.0765. The predicted molar refractivity (Wildman–Crippen MR) is 57.7 cm³/mol. The maximum absolute atomic E-state index is 12.0. The van der Waals surface area contributed by atoms with Crippen LogP contribution in [0.3, 0.4) is 0 Å². The number of β-amino-alcohol motifs (C(OH)–C–C–N with tert-alkyl or cyclic N) is 1. The Balaban J connectivity index is 2.14. The molecule has 80 valence electrons. The third kappa shape index (κ3) is 2.18. The molecule has 0 aromatic heterocycles. The minimum absolute atomic E-state index is 0.0234. The molecule has 1 heterocycles. The van der Waals surface area contributed by atoms with Gasteiger partial charge in [0, 0.05) is 18.7 Å². The van der Waals surface area contributed by atoms with Gasteiger partial charge in [-0.15, -0.1) is 0 Å². The van der Waals surface area contributed by atoms with Crippen molar-refractivity contribution >= 4 is 5.91 Å². The number of aliphatic hydroxyl groups excluding tert-OH is 1. The first-order valence-electron chi connectivity index (χ1n) is 5.21. The third-order valence-electron chi connectivity index (χ3n) is 2.72. The summed E-state index contributed by atoms with van der Waals surface area (Å²) >= 11 is 0. The molecular weight excluding hydrogens is 190 g/mol. The molecule has 1 aliphatic heterocycles. The number of hydrogen-bond acceptors (Lipinski definition) is 2. The van der Waals surface area contributed by atoms with Crippen LogP contribution in [0.15, 0.2) is 24.3 Å². The van der Waals surface area contributed by atoms with E-state index in [2.05, 4.69) is 0 Å². The molecular formula is C12H15NO2. The van der Waals surface area contributed by atoms with E-state index in [4.69, 9.17) is 0 Å². The molecule has 1 aromatic carbocycles. The van der Waals surface area contributed by atoms with Crippen molar-refractivity contribution < 1.29 is 9.90 Å². The number of likely N-dealkylation sites (tertiary alicyclic amines) is 1. The molecule has 3 heteroatoms. The molecule has 0 aliphatic carbocycles. The van der Waals surface area contributed by atoms with Crippen molar-refractivity contribution in [3.8, 4) is 0 Å². The van der Waals surface area contributed by atoms with Gasteiger partial charge in [0.05, 0.1) is 6.10 Å². The Bertz CT molecular complexity index is 376. The molecule has 3 nitrogen and oxygen atoms in total. The summed E-state index contributed by atoms with van der Waals surface area (Å²) in [6.45, 7) is 3.09. The van der Waals surface area contributed by atoms with Gasteiger partial charge in [-0.25, -0.2) is 0 Å². The van der Waals surface area contributed by atoms with Crippen molar-refractivity contribution in [2.45, 2.75) is 19.4 Å². The molecule has 2 rings (SSSR count). The minimum atomic E-state index is -0.348. The Morgan fingerprint density at radius 2 is 2.33 bits per heavy atom. The number of carbonyl (C=O) groups is 1. The summed E-state index contributed by atoms with van der Waals surface area (Å²) < 4.78 is 0. The Kier molecular flexibility index (Phi) is 2.73. The molecule has 1 fully saturated rings. The Hall–Kier alpha value is -1.35. The van der Waals surface area contributed by atoms with Crippen LogP contribution >= 0.6 is 0 Å². The van der Waals surface area contributed by atoms with Crippen molar-refractivity contribution in [3.63, 3.8) is 0 Å². The van der Waals surface area contributed by atoms with Gasteiger partial charge < -0.3 is 10.0 Å². The van der Waals surface area contributed by atoms with Gasteiger partial charge in [-0.05, 0) is 25.5 Å². The van der Waals surface area contributed by atoms with Crippen molar-refractivity contribution in [2.24, 2.45) is 0 Å². The van der Waals surface area contributed by atoms with Crippen LogP contribution in [-0.2, 0) is 0 Å². The van der Waals surface area contributed by atoms with Gasteiger partial charge in [0.1, 0.15) is 0 Å². The lowest BCUT2D eigenvalue weighted by atomic mass is 10.1. The van der Waals surface area contributed by atoms with E-state index in [0.717, 1.165) is 5.56 Å². The van der Waals surface area contributed by atoms with E-state index < -0.39 is 0 Å². The Morgan fingerprint density at radius 1 is 1.53 bits per heavy atom. The lowest BCUT2D eigenvalue weighted by Gasteiger charge is -2.15. The molecule has 1 aromatic rings. The van der Waals surface area contributed by atoms with E-state index in [-0.39, 0.29) is 12.0 Å². The molecule has 1 N–H and O–H groups in total. The SMILES string of the molecule is Cc1cccc(C(=O)N2CC[C@H](O)C2)c1. The highest BCUT2D eigenvalue weighted by atomic mass is 16.3. The molecule has 0 saturated carbocycles. The zero-order chi connectivity index (χ0) is 10.8. The van der Waals surface area contributed by atoms with Crippen LogP contribution in [0.5, 0.6) is 0 Å². The molecule has 1 aliphatic rings. The molecule has 1 saturated heterocycles. The zero-order valence-electron chi connectivity index (χ0n) is 8.81. The second-order valence-electron chi connectivity index (χ2n) is 4.06. The fourth-order valence-corrected chi connectivity index (χ4v) is 1.89. The van der Waals surface area contributed by atoms with E-state index in [9.17, 15) is 9.90 Å². The van der Waals surface area contributed by atoms with Gasteiger partial charge in [0.2, 0.25) is 0 Å². The summed E-state index contributed by atoms with van der Waals surface area (Å²) in [6, 6.07) is 7.55. The van der Waals surface area contributed by atoms with Crippen LogP contribution in [0, 0.1) is 6.92 Å². The second kappa shape index (κ2) is 4.03. The molecule has 1 atom stereocenters. The molecule has 0 unspecified atom stereocenters. The number of benzene rings is 1. The maximum atomic E-state index is 12.0. The molecule has 0 spiro atoms. The first kappa shape index (κ1) is 10.2. The lowest BCUT2D eigenvalue weighted by Crippen LogP contribution is -2.29. The van der Waals surface area contributed by atoms with Gasteiger partial charge >= 0.3 is 0 Å². The Morgan fingerprint density at radius 3 is 2.93 bits per heavy atom. The van der Waals surface area contributed by atoms with Crippen LogP contribution in [-0.4, -0.2) is 35.1 Å². The summed E-state index contributed by atoms with van der Waals surface area (Å²) in [7, 11) is 0. The van der Waals surface area contributed by atoms with Gasteiger partial charge in [-0.3, -0.25) is 4.79 Å². The van der Waals surface area contributed by atoms with Crippen molar-refractivity contribution in [1.29, 1.82) is 0 Å². The van der Waals surface area contributed by atoms with Crippen molar-refractivity contribution in [1.82, 2.24) is 4.90 Å². The first-order chi connectivity index (χ1) is 7.16. The number of hydrogen-bond donors (Lipinski definition) is 1. The highest BCUT2D eigenvalue weighted by Crippen LogP contribution is 2.14. The van der Waals surface area contributed by atoms with E-state index >= 15 is 0 Å². The highest BCUT2D eigenvalue weighted by molar-refractivity contribution is 5.94. The number of carbonyl (C=O) groups excluding carboxylic acids is 1. The van der Waals surface area contributed by atoms with Crippen molar-refractivity contribution in [2.75, 3.05) is 13.1 Å². The molecule has 15 heavy (non-hydrogen) atoms. The summed E-state index contributed by atoms with van der Waals surface area (Å²) in [5.41, 5.74) is 1.80. The summed E-state index contributed by atoms with van der Waals surface area (Å²) in [5.74, 6) is 0.0234. The second-order valence-corrected chi connectivity index (χ2v) is 4.06. The minimum Gasteiger partial charge on any atom is -0.391 e.